The molecule has 0 radical (unpaired) electrons. The summed E-state index contributed by atoms with van der Waals surface area (Å²) in [5.74, 6) is -0.186. The number of para-hydroxylation sites is 1. The molecular weight excluding hydrogens is 270 g/mol. The molecule has 0 spiro atoms. The summed E-state index contributed by atoms with van der Waals surface area (Å²) >= 11 is 0. The third-order valence-electron chi connectivity index (χ3n) is 3.28. The van der Waals surface area contributed by atoms with Gasteiger partial charge in [0.05, 0.1) is 4.92 Å². The van der Waals surface area contributed by atoms with Crippen LogP contribution in [0.3, 0.4) is 0 Å². The number of aryl methyl sites for hydroxylation is 1. The number of nitro groups is 1. The molecule has 1 heterocycles. The number of non-ortho nitro benzene ring substituents is 1. The fraction of sp³-hybridized carbons (Fsp3) is 0.0625. The molecule has 5 nitrogen and oxygen atoms in total. The van der Waals surface area contributed by atoms with Gasteiger partial charge in [-0.3, -0.25) is 14.9 Å². The lowest BCUT2D eigenvalue weighted by atomic mass is 10.1. The molecule has 21 heavy (non-hydrogen) atoms. The lowest BCUT2D eigenvalue weighted by molar-refractivity contribution is -0.384. The molecule has 2 aromatic carbocycles. The Balaban J connectivity index is 2.06. The predicted octanol–water partition coefficient (Wildman–Crippen LogP) is 3.88. The van der Waals surface area contributed by atoms with Gasteiger partial charge >= 0.3 is 0 Å². The highest BCUT2D eigenvalue weighted by atomic mass is 16.6. The minimum Gasteiger partial charge on any atom is -0.452 e. The van der Waals surface area contributed by atoms with Crippen LogP contribution in [-0.2, 0) is 0 Å². The van der Waals surface area contributed by atoms with Gasteiger partial charge in [-0.25, -0.2) is 0 Å². The molecule has 0 N–H and O–H groups in total. The number of carbonyl (C=O) groups is 1. The second-order valence-corrected chi connectivity index (χ2v) is 4.74. The van der Waals surface area contributed by atoms with E-state index in [2.05, 4.69) is 0 Å². The SMILES string of the molecule is Cc1cccc2cc(C(=O)c3cccc([N+](=O)[O-])c3)oc12. The number of hydrogen-bond donors (Lipinski definition) is 0. The number of nitro benzene ring substituents is 1. The second kappa shape index (κ2) is 4.86. The zero-order chi connectivity index (χ0) is 15.0. The highest BCUT2D eigenvalue weighted by Gasteiger charge is 2.17. The number of carbonyl (C=O) groups excluding carboxylic acids is 1. The van der Waals surface area contributed by atoms with Crippen molar-refractivity contribution in [3.63, 3.8) is 0 Å². The monoisotopic (exact) mass is 281 g/mol. The molecule has 0 aliphatic rings. The molecule has 0 saturated carbocycles. The van der Waals surface area contributed by atoms with Gasteiger partial charge in [0.15, 0.2) is 5.76 Å². The average molecular weight is 281 g/mol. The van der Waals surface area contributed by atoms with Crippen molar-refractivity contribution in [3.05, 3.63) is 75.5 Å². The molecule has 0 bridgehead atoms. The van der Waals surface area contributed by atoms with E-state index < -0.39 is 4.92 Å². The summed E-state index contributed by atoms with van der Waals surface area (Å²) in [7, 11) is 0. The van der Waals surface area contributed by atoms with Gasteiger partial charge in [0.2, 0.25) is 5.78 Å². The summed E-state index contributed by atoms with van der Waals surface area (Å²) < 4.78 is 5.60. The molecule has 0 atom stereocenters. The van der Waals surface area contributed by atoms with Crippen molar-refractivity contribution in [2.24, 2.45) is 0 Å². The number of rotatable bonds is 3. The fourth-order valence-electron chi connectivity index (χ4n) is 2.22. The Labute approximate surface area is 120 Å². The van der Waals surface area contributed by atoms with Crippen LogP contribution in [0.1, 0.15) is 21.7 Å². The first-order valence-electron chi connectivity index (χ1n) is 6.34. The molecule has 5 heteroatoms. The van der Waals surface area contributed by atoms with Crippen LogP contribution in [0.4, 0.5) is 5.69 Å². The molecule has 0 aliphatic heterocycles. The van der Waals surface area contributed by atoms with Crippen LogP contribution in [0.2, 0.25) is 0 Å². The van der Waals surface area contributed by atoms with Gasteiger partial charge in [-0.2, -0.15) is 0 Å². The zero-order valence-corrected chi connectivity index (χ0v) is 11.2. The maximum Gasteiger partial charge on any atom is 0.270 e. The van der Waals surface area contributed by atoms with Gasteiger partial charge < -0.3 is 4.42 Å². The third-order valence-corrected chi connectivity index (χ3v) is 3.28. The second-order valence-electron chi connectivity index (χ2n) is 4.74. The Bertz CT molecular complexity index is 864. The van der Waals surface area contributed by atoms with Crippen molar-refractivity contribution in [2.75, 3.05) is 0 Å². The quantitative estimate of drug-likeness (QED) is 0.415. The molecule has 0 fully saturated rings. The van der Waals surface area contributed by atoms with Gasteiger partial charge in [-0.05, 0) is 18.6 Å². The van der Waals surface area contributed by atoms with E-state index in [0.29, 0.717) is 5.58 Å². The predicted molar refractivity (Wildman–Crippen MR) is 77.5 cm³/mol. The van der Waals surface area contributed by atoms with E-state index in [0.717, 1.165) is 10.9 Å². The maximum absolute atomic E-state index is 12.4. The molecule has 104 valence electrons. The highest BCUT2D eigenvalue weighted by molar-refractivity contribution is 6.09. The Morgan fingerprint density at radius 2 is 1.90 bits per heavy atom. The molecule has 1 aromatic heterocycles. The standard InChI is InChI=1S/C16H11NO4/c1-10-4-2-6-12-9-14(21-16(10)12)15(18)11-5-3-7-13(8-11)17(19)20/h2-9H,1H3. The summed E-state index contributed by atoms with van der Waals surface area (Å²) in [4.78, 5) is 22.6. The Hall–Kier alpha value is -2.95. The molecular formula is C16H11NO4. The Morgan fingerprint density at radius 1 is 1.14 bits per heavy atom. The van der Waals surface area contributed by atoms with Gasteiger partial charge in [0.1, 0.15) is 5.58 Å². The van der Waals surface area contributed by atoms with Crippen LogP contribution in [0.25, 0.3) is 11.0 Å². The van der Waals surface area contributed by atoms with Gasteiger partial charge in [0, 0.05) is 23.1 Å². The summed E-state index contributed by atoms with van der Waals surface area (Å²) in [6, 6.07) is 12.9. The van der Waals surface area contributed by atoms with E-state index >= 15 is 0 Å². The van der Waals surface area contributed by atoms with E-state index in [1.807, 2.05) is 25.1 Å². The van der Waals surface area contributed by atoms with Crippen molar-refractivity contribution < 1.29 is 14.1 Å². The smallest absolute Gasteiger partial charge is 0.270 e. The first-order chi connectivity index (χ1) is 10.1. The average Bonchev–Trinajstić information content (AvgIpc) is 2.92. The Kier molecular flexibility index (Phi) is 3.02. The molecule has 3 aromatic rings. The normalized spacial score (nSPS) is 10.7. The van der Waals surface area contributed by atoms with Crippen LogP contribution >= 0.6 is 0 Å². The lowest BCUT2D eigenvalue weighted by Gasteiger charge is -1.97. The van der Waals surface area contributed by atoms with Crippen LogP contribution in [0.15, 0.2) is 52.9 Å². The summed E-state index contributed by atoms with van der Waals surface area (Å²) in [5.41, 5.74) is 1.71. The fourth-order valence-corrected chi connectivity index (χ4v) is 2.22. The molecule has 0 saturated heterocycles. The Morgan fingerprint density at radius 3 is 2.62 bits per heavy atom. The molecule has 0 unspecified atom stereocenters. The first kappa shape index (κ1) is 13.1. The van der Waals surface area contributed by atoms with E-state index in [1.54, 1.807) is 6.07 Å². The number of hydrogen-bond acceptors (Lipinski definition) is 4. The van der Waals surface area contributed by atoms with E-state index in [1.165, 1.54) is 24.3 Å². The number of benzene rings is 2. The number of furan rings is 1. The third kappa shape index (κ3) is 2.29. The van der Waals surface area contributed by atoms with Crippen LogP contribution < -0.4 is 0 Å². The maximum atomic E-state index is 12.4. The topological polar surface area (TPSA) is 73.3 Å². The minimum absolute atomic E-state index is 0.117. The molecule has 0 aliphatic carbocycles. The van der Waals surface area contributed by atoms with Crippen molar-refractivity contribution in [3.8, 4) is 0 Å². The van der Waals surface area contributed by atoms with Crippen LogP contribution in [0.5, 0.6) is 0 Å². The first-order valence-corrected chi connectivity index (χ1v) is 6.34. The molecule has 3 rings (SSSR count). The number of fused-ring (bicyclic) bond motifs is 1. The summed E-state index contributed by atoms with van der Waals surface area (Å²) in [6.07, 6.45) is 0. The highest BCUT2D eigenvalue weighted by Crippen LogP contribution is 2.25. The summed E-state index contributed by atoms with van der Waals surface area (Å²) in [5, 5.41) is 11.6. The van der Waals surface area contributed by atoms with E-state index in [9.17, 15) is 14.9 Å². The number of ketones is 1. The number of nitrogens with zero attached hydrogens (tertiary/aromatic N) is 1. The molecule has 0 amide bonds. The van der Waals surface area contributed by atoms with E-state index in [4.69, 9.17) is 4.42 Å². The van der Waals surface area contributed by atoms with Crippen LogP contribution in [-0.4, -0.2) is 10.7 Å². The van der Waals surface area contributed by atoms with Crippen molar-refractivity contribution >= 4 is 22.4 Å². The van der Waals surface area contributed by atoms with Gasteiger partial charge in [0.25, 0.3) is 5.69 Å². The summed E-state index contributed by atoms with van der Waals surface area (Å²) in [6.45, 7) is 1.90. The van der Waals surface area contributed by atoms with Crippen molar-refractivity contribution in [1.29, 1.82) is 0 Å². The van der Waals surface area contributed by atoms with Crippen molar-refractivity contribution in [1.82, 2.24) is 0 Å². The minimum atomic E-state index is -0.528. The van der Waals surface area contributed by atoms with Gasteiger partial charge in [-0.1, -0.05) is 30.3 Å². The zero-order valence-electron chi connectivity index (χ0n) is 11.2. The van der Waals surface area contributed by atoms with E-state index in [-0.39, 0.29) is 22.8 Å². The van der Waals surface area contributed by atoms with Crippen molar-refractivity contribution in [2.45, 2.75) is 6.92 Å². The van der Waals surface area contributed by atoms with Crippen LogP contribution in [0, 0.1) is 17.0 Å². The largest absolute Gasteiger partial charge is 0.452 e. The lowest BCUT2D eigenvalue weighted by Crippen LogP contribution is -2.00. The van der Waals surface area contributed by atoms with Gasteiger partial charge in [-0.15, -0.1) is 0 Å².